The quantitative estimate of drug-likeness (QED) is 0.640. The van der Waals surface area contributed by atoms with Crippen LogP contribution in [0.4, 0.5) is 5.69 Å². The molecule has 0 fully saturated rings. The third-order valence-corrected chi connectivity index (χ3v) is 3.64. The van der Waals surface area contributed by atoms with Crippen molar-refractivity contribution in [2.75, 3.05) is 0 Å². The van der Waals surface area contributed by atoms with Gasteiger partial charge in [0.1, 0.15) is 5.75 Å². The number of nitro benzene ring substituents is 1. The Hall–Kier alpha value is -2.94. The molecule has 2 amide bonds. The van der Waals surface area contributed by atoms with Gasteiger partial charge in [-0.1, -0.05) is 6.07 Å². The molecule has 0 aliphatic carbocycles. The summed E-state index contributed by atoms with van der Waals surface area (Å²) in [6.07, 6.45) is -0.889. The van der Waals surface area contributed by atoms with Crippen molar-refractivity contribution in [3.8, 4) is 5.75 Å². The molecule has 0 saturated heterocycles. The van der Waals surface area contributed by atoms with Crippen LogP contribution >= 0.6 is 11.3 Å². The monoisotopic (exact) mass is 335 g/mol. The number of ether oxygens (including phenoxy) is 1. The smallest absolute Gasteiger partial charge is 0.279 e. The minimum atomic E-state index is -0.889. The molecular formula is C14H13N3O5S. The lowest BCUT2D eigenvalue weighted by molar-refractivity contribution is -0.384. The van der Waals surface area contributed by atoms with E-state index < -0.39 is 22.8 Å². The zero-order valence-corrected chi connectivity index (χ0v) is 12.8. The fourth-order valence-electron chi connectivity index (χ4n) is 1.59. The van der Waals surface area contributed by atoms with Crippen molar-refractivity contribution in [2.45, 2.75) is 13.0 Å². The fourth-order valence-corrected chi connectivity index (χ4v) is 2.21. The summed E-state index contributed by atoms with van der Waals surface area (Å²) in [4.78, 5) is 34.0. The molecule has 0 aliphatic rings. The second kappa shape index (κ2) is 7.36. The minimum absolute atomic E-state index is 0.0716. The van der Waals surface area contributed by atoms with E-state index in [1.54, 1.807) is 17.5 Å². The number of non-ortho nitro benzene ring substituents is 1. The topological polar surface area (TPSA) is 111 Å². The van der Waals surface area contributed by atoms with Crippen LogP contribution in [0.1, 0.15) is 16.6 Å². The van der Waals surface area contributed by atoms with Crippen LogP contribution in [-0.4, -0.2) is 22.8 Å². The number of carbonyl (C=O) groups excluding carboxylic acids is 2. The number of hydrazine groups is 1. The minimum Gasteiger partial charge on any atom is -0.481 e. The maximum absolute atomic E-state index is 11.8. The predicted molar refractivity (Wildman–Crippen MR) is 83.1 cm³/mol. The highest BCUT2D eigenvalue weighted by atomic mass is 32.1. The Kier molecular flexibility index (Phi) is 5.26. The van der Waals surface area contributed by atoms with Gasteiger partial charge in [-0.15, -0.1) is 11.3 Å². The second-order valence-electron chi connectivity index (χ2n) is 4.43. The highest BCUT2D eigenvalue weighted by Crippen LogP contribution is 2.18. The maximum Gasteiger partial charge on any atom is 0.279 e. The van der Waals surface area contributed by atoms with E-state index in [2.05, 4.69) is 10.9 Å². The van der Waals surface area contributed by atoms with Gasteiger partial charge in [0, 0.05) is 12.1 Å². The lowest BCUT2D eigenvalue weighted by Gasteiger charge is -2.14. The highest BCUT2D eigenvalue weighted by molar-refractivity contribution is 7.12. The molecule has 1 aromatic heterocycles. The summed E-state index contributed by atoms with van der Waals surface area (Å²) < 4.78 is 5.35. The van der Waals surface area contributed by atoms with E-state index in [4.69, 9.17) is 4.74 Å². The van der Waals surface area contributed by atoms with Crippen molar-refractivity contribution in [2.24, 2.45) is 0 Å². The average Bonchev–Trinajstić information content (AvgIpc) is 3.07. The fraction of sp³-hybridized carbons (Fsp3) is 0.143. The molecule has 1 atom stereocenters. The summed E-state index contributed by atoms with van der Waals surface area (Å²) >= 11 is 1.25. The van der Waals surface area contributed by atoms with Crippen LogP contribution < -0.4 is 15.6 Å². The molecule has 9 heteroatoms. The number of amides is 2. The molecule has 0 aliphatic heterocycles. The van der Waals surface area contributed by atoms with Gasteiger partial charge in [-0.2, -0.15) is 0 Å². The van der Waals surface area contributed by atoms with Gasteiger partial charge in [-0.25, -0.2) is 0 Å². The number of hydrogen-bond acceptors (Lipinski definition) is 6. The predicted octanol–water partition coefficient (Wildman–Crippen LogP) is 1.88. The standard InChI is InChI=1S/C14H13N3O5S/c1-9(22-11-6-4-10(5-7-11)17(20)21)13(18)15-16-14(19)12-3-2-8-23-12/h2-9H,1H3,(H,15,18)(H,16,19). The zero-order valence-electron chi connectivity index (χ0n) is 12.0. The van der Waals surface area contributed by atoms with Crippen molar-refractivity contribution >= 4 is 28.8 Å². The van der Waals surface area contributed by atoms with Gasteiger partial charge in [-0.05, 0) is 30.5 Å². The van der Waals surface area contributed by atoms with Crippen LogP contribution in [-0.2, 0) is 4.79 Å². The van der Waals surface area contributed by atoms with E-state index in [1.165, 1.54) is 42.5 Å². The summed E-state index contributed by atoms with van der Waals surface area (Å²) in [5, 5.41) is 12.3. The van der Waals surface area contributed by atoms with Crippen molar-refractivity contribution < 1.29 is 19.2 Å². The third-order valence-electron chi connectivity index (χ3n) is 2.77. The van der Waals surface area contributed by atoms with Gasteiger partial charge in [0.25, 0.3) is 17.5 Å². The van der Waals surface area contributed by atoms with Crippen LogP contribution in [0.5, 0.6) is 5.75 Å². The number of rotatable bonds is 5. The summed E-state index contributed by atoms with van der Waals surface area (Å²) in [6, 6.07) is 8.69. The molecule has 1 heterocycles. The number of thiophene rings is 1. The van der Waals surface area contributed by atoms with Gasteiger partial charge in [0.05, 0.1) is 9.80 Å². The lowest BCUT2D eigenvalue weighted by Crippen LogP contribution is -2.47. The van der Waals surface area contributed by atoms with E-state index in [1.807, 2.05) is 0 Å². The molecule has 2 N–H and O–H groups in total. The van der Waals surface area contributed by atoms with Gasteiger partial charge in [-0.3, -0.25) is 30.6 Å². The van der Waals surface area contributed by atoms with Crippen LogP contribution in [0.2, 0.25) is 0 Å². The van der Waals surface area contributed by atoms with Crippen LogP contribution in [0, 0.1) is 10.1 Å². The average molecular weight is 335 g/mol. The van der Waals surface area contributed by atoms with Crippen LogP contribution in [0.25, 0.3) is 0 Å². The first kappa shape index (κ1) is 16.4. The summed E-state index contributed by atoms with van der Waals surface area (Å²) in [6.45, 7) is 1.49. The molecule has 23 heavy (non-hydrogen) atoms. The largest absolute Gasteiger partial charge is 0.481 e. The molecular weight excluding hydrogens is 322 g/mol. The molecule has 2 aromatic rings. The molecule has 1 aromatic carbocycles. The number of nitrogens with zero attached hydrogens (tertiary/aromatic N) is 1. The molecule has 0 saturated carbocycles. The van der Waals surface area contributed by atoms with Crippen LogP contribution in [0.3, 0.4) is 0 Å². The van der Waals surface area contributed by atoms with Crippen molar-refractivity contribution in [3.05, 3.63) is 56.8 Å². The first-order valence-corrected chi connectivity index (χ1v) is 7.40. The highest BCUT2D eigenvalue weighted by Gasteiger charge is 2.16. The molecule has 0 radical (unpaired) electrons. The van der Waals surface area contributed by atoms with E-state index in [0.29, 0.717) is 10.6 Å². The molecule has 2 rings (SSSR count). The SMILES string of the molecule is CC(Oc1ccc([N+](=O)[O-])cc1)C(=O)NNC(=O)c1cccs1. The van der Waals surface area contributed by atoms with Gasteiger partial charge in [0.15, 0.2) is 6.10 Å². The van der Waals surface area contributed by atoms with E-state index in [-0.39, 0.29) is 5.69 Å². The Labute approximate surface area is 135 Å². The molecule has 120 valence electrons. The normalized spacial score (nSPS) is 11.3. The first-order valence-electron chi connectivity index (χ1n) is 6.52. The summed E-state index contributed by atoms with van der Waals surface area (Å²) in [5.41, 5.74) is 4.46. The molecule has 1 unspecified atom stereocenters. The Morgan fingerprint density at radius 2 is 1.91 bits per heavy atom. The van der Waals surface area contributed by atoms with E-state index >= 15 is 0 Å². The lowest BCUT2D eigenvalue weighted by atomic mass is 10.3. The Morgan fingerprint density at radius 3 is 2.48 bits per heavy atom. The molecule has 0 spiro atoms. The number of carbonyl (C=O) groups is 2. The van der Waals surface area contributed by atoms with E-state index in [9.17, 15) is 19.7 Å². The number of hydrogen-bond donors (Lipinski definition) is 2. The maximum atomic E-state index is 11.8. The second-order valence-corrected chi connectivity index (χ2v) is 5.38. The zero-order chi connectivity index (χ0) is 16.8. The van der Waals surface area contributed by atoms with Crippen molar-refractivity contribution in [3.63, 3.8) is 0 Å². The van der Waals surface area contributed by atoms with Crippen molar-refractivity contribution in [1.82, 2.24) is 10.9 Å². The Balaban J connectivity index is 1.85. The summed E-state index contributed by atoms with van der Waals surface area (Å²) in [7, 11) is 0. The van der Waals surface area contributed by atoms with Crippen molar-refractivity contribution in [1.29, 1.82) is 0 Å². The van der Waals surface area contributed by atoms with Gasteiger partial charge in [0.2, 0.25) is 0 Å². The van der Waals surface area contributed by atoms with Gasteiger partial charge < -0.3 is 4.74 Å². The van der Waals surface area contributed by atoms with E-state index in [0.717, 1.165) is 0 Å². The van der Waals surface area contributed by atoms with Gasteiger partial charge >= 0.3 is 0 Å². The summed E-state index contributed by atoms with van der Waals surface area (Å²) in [5.74, 6) is -0.660. The molecule has 8 nitrogen and oxygen atoms in total. The molecule has 0 bridgehead atoms. The number of nitro groups is 1. The Bertz CT molecular complexity index is 700. The Morgan fingerprint density at radius 1 is 1.22 bits per heavy atom. The first-order chi connectivity index (χ1) is 11.0. The number of benzene rings is 1. The third kappa shape index (κ3) is 4.51. The van der Waals surface area contributed by atoms with Crippen LogP contribution in [0.15, 0.2) is 41.8 Å². The number of nitrogens with one attached hydrogen (secondary N) is 2.